The standard InChI is InChI=1S/C18H18N2O2/c1-20-15-9-5-8-14(19)17(15)16(21)11-13(18(20)22)10-12-6-3-2-4-7-12/h2-9,13H,10-11,19H2,1H3/t13-/m1/s1. The Kier molecular flexibility index (Phi) is 3.67. The van der Waals surface area contributed by atoms with Crippen molar-refractivity contribution in [3.63, 3.8) is 0 Å². The SMILES string of the molecule is CN1C(=O)[C@H](Cc2ccccc2)CC(=O)c2c(N)cccc21. The summed E-state index contributed by atoms with van der Waals surface area (Å²) in [5, 5.41) is 0. The topological polar surface area (TPSA) is 63.4 Å². The molecule has 1 amide bonds. The summed E-state index contributed by atoms with van der Waals surface area (Å²) in [5.41, 5.74) is 8.51. The van der Waals surface area contributed by atoms with Gasteiger partial charge in [0.15, 0.2) is 5.78 Å². The molecule has 112 valence electrons. The van der Waals surface area contributed by atoms with Gasteiger partial charge in [-0.1, -0.05) is 36.4 Å². The largest absolute Gasteiger partial charge is 0.398 e. The first-order valence-electron chi connectivity index (χ1n) is 7.31. The predicted octanol–water partition coefficient (Wildman–Crippen LogP) is 2.68. The molecule has 0 spiro atoms. The van der Waals surface area contributed by atoms with E-state index in [9.17, 15) is 9.59 Å². The third-order valence-corrected chi connectivity index (χ3v) is 4.15. The number of nitrogens with two attached hydrogens (primary N) is 1. The Hall–Kier alpha value is -2.62. The summed E-state index contributed by atoms with van der Waals surface area (Å²) in [5.74, 6) is -0.458. The summed E-state index contributed by atoms with van der Waals surface area (Å²) in [6, 6.07) is 15.0. The van der Waals surface area contributed by atoms with Crippen LogP contribution in [-0.4, -0.2) is 18.7 Å². The molecule has 0 radical (unpaired) electrons. The minimum Gasteiger partial charge on any atom is -0.398 e. The normalized spacial score (nSPS) is 18.0. The molecule has 1 aliphatic heterocycles. The lowest BCUT2D eigenvalue weighted by Gasteiger charge is -2.21. The van der Waals surface area contributed by atoms with Gasteiger partial charge in [0.25, 0.3) is 0 Å². The molecule has 0 fully saturated rings. The maximum absolute atomic E-state index is 12.7. The van der Waals surface area contributed by atoms with Crippen LogP contribution in [0, 0.1) is 5.92 Å². The van der Waals surface area contributed by atoms with Crippen LogP contribution in [0.5, 0.6) is 0 Å². The highest BCUT2D eigenvalue weighted by Crippen LogP contribution is 2.33. The van der Waals surface area contributed by atoms with E-state index >= 15 is 0 Å². The highest BCUT2D eigenvalue weighted by Gasteiger charge is 2.33. The molecule has 4 nitrogen and oxygen atoms in total. The summed E-state index contributed by atoms with van der Waals surface area (Å²) in [4.78, 5) is 26.8. The number of hydrogen-bond acceptors (Lipinski definition) is 3. The monoisotopic (exact) mass is 294 g/mol. The lowest BCUT2D eigenvalue weighted by Crippen LogP contribution is -2.33. The molecule has 0 unspecified atom stereocenters. The molecular formula is C18H18N2O2. The van der Waals surface area contributed by atoms with E-state index in [2.05, 4.69) is 0 Å². The van der Waals surface area contributed by atoms with E-state index in [1.165, 1.54) is 0 Å². The van der Waals surface area contributed by atoms with Gasteiger partial charge >= 0.3 is 0 Å². The summed E-state index contributed by atoms with van der Waals surface area (Å²) in [7, 11) is 1.71. The molecule has 1 aliphatic rings. The Morgan fingerprint density at radius 3 is 2.55 bits per heavy atom. The van der Waals surface area contributed by atoms with Gasteiger partial charge in [0, 0.05) is 25.1 Å². The number of carbonyl (C=O) groups is 2. The van der Waals surface area contributed by atoms with E-state index in [0.717, 1.165) is 5.56 Å². The lowest BCUT2D eigenvalue weighted by atomic mass is 9.92. The number of fused-ring (bicyclic) bond motifs is 1. The molecule has 0 aliphatic carbocycles. The third kappa shape index (κ3) is 2.48. The van der Waals surface area contributed by atoms with Gasteiger partial charge in [-0.05, 0) is 24.1 Å². The van der Waals surface area contributed by atoms with Crippen molar-refractivity contribution in [3.05, 3.63) is 59.7 Å². The second-order valence-electron chi connectivity index (χ2n) is 5.65. The summed E-state index contributed by atoms with van der Waals surface area (Å²) >= 11 is 0. The van der Waals surface area contributed by atoms with Crippen LogP contribution in [0.2, 0.25) is 0 Å². The number of benzene rings is 2. The van der Waals surface area contributed by atoms with Gasteiger partial charge in [-0.25, -0.2) is 0 Å². The maximum atomic E-state index is 12.7. The van der Waals surface area contributed by atoms with Crippen LogP contribution in [-0.2, 0) is 11.2 Å². The molecule has 0 aromatic heterocycles. The first kappa shape index (κ1) is 14.3. The number of nitrogen functional groups attached to an aromatic ring is 1. The van der Waals surface area contributed by atoms with Crippen LogP contribution >= 0.6 is 0 Å². The fraction of sp³-hybridized carbons (Fsp3) is 0.222. The number of hydrogen-bond donors (Lipinski definition) is 1. The third-order valence-electron chi connectivity index (χ3n) is 4.15. The highest BCUT2D eigenvalue weighted by molar-refractivity contribution is 6.13. The van der Waals surface area contributed by atoms with Crippen LogP contribution in [0.3, 0.4) is 0 Å². The molecule has 0 bridgehead atoms. The van der Waals surface area contributed by atoms with E-state index in [1.807, 2.05) is 30.3 Å². The Balaban J connectivity index is 1.97. The highest BCUT2D eigenvalue weighted by atomic mass is 16.2. The van der Waals surface area contributed by atoms with Gasteiger partial charge in [-0.15, -0.1) is 0 Å². The fourth-order valence-corrected chi connectivity index (χ4v) is 3.00. The van der Waals surface area contributed by atoms with Crippen LogP contribution < -0.4 is 10.6 Å². The van der Waals surface area contributed by atoms with Crippen LogP contribution in [0.4, 0.5) is 11.4 Å². The summed E-state index contributed by atoms with van der Waals surface area (Å²) in [6.07, 6.45) is 0.753. The van der Waals surface area contributed by atoms with E-state index in [1.54, 1.807) is 30.1 Å². The van der Waals surface area contributed by atoms with E-state index in [-0.39, 0.29) is 24.0 Å². The Bertz CT molecular complexity index is 725. The zero-order chi connectivity index (χ0) is 15.7. The average Bonchev–Trinajstić information content (AvgIpc) is 2.61. The molecule has 3 rings (SSSR count). The van der Waals surface area contributed by atoms with Crippen molar-refractivity contribution < 1.29 is 9.59 Å². The molecule has 0 saturated heterocycles. The Morgan fingerprint density at radius 2 is 1.82 bits per heavy atom. The van der Waals surface area contributed by atoms with Gasteiger partial charge in [-0.2, -0.15) is 0 Å². The van der Waals surface area contributed by atoms with Crippen LogP contribution in [0.1, 0.15) is 22.3 Å². The minimum absolute atomic E-state index is 0.0402. The van der Waals surface area contributed by atoms with Gasteiger partial charge in [0.05, 0.1) is 11.3 Å². The number of Topliss-reactive ketones (excluding diaryl/α,β-unsaturated/α-hetero) is 1. The minimum atomic E-state index is -0.355. The number of anilines is 2. The zero-order valence-corrected chi connectivity index (χ0v) is 12.5. The zero-order valence-electron chi connectivity index (χ0n) is 12.5. The summed E-state index contributed by atoms with van der Waals surface area (Å²) < 4.78 is 0. The van der Waals surface area contributed by atoms with Gasteiger partial charge < -0.3 is 10.6 Å². The molecule has 1 heterocycles. The molecule has 22 heavy (non-hydrogen) atoms. The van der Waals surface area contributed by atoms with Crippen molar-refractivity contribution in [2.24, 2.45) is 5.92 Å². The molecule has 2 N–H and O–H groups in total. The van der Waals surface area contributed by atoms with Gasteiger partial charge in [0.1, 0.15) is 0 Å². The molecular weight excluding hydrogens is 276 g/mol. The maximum Gasteiger partial charge on any atom is 0.230 e. The number of carbonyl (C=O) groups excluding carboxylic acids is 2. The Morgan fingerprint density at radius 1 is 1.09 bits per heavy atom. The van der Waals surface area contributed by atoms with Gasteiger partial charge in [0.2, 0.25) is 5.91 Å². The van der Waals surface area contributed by atoms with E-state index < -0.39 is 0 Å². The fourth-order valence-electron chi connectivity index (χ4n) is 3.00. The first-order valence-corrected chi connectivity index (χ1v) is 7.31. The lowest BCUT2D eigenvalue weighted by molar-refractivity contribution is -0.121. The van der Waals surface area contributed by atoms with E-state index in [0.29, 0.717) is 23.4 Å². The first-order chi connectivity index (χ1) is 10.6. The van der Waals surface area contributed by atoms with E-state index in [4.69, 9.17) is 5.73 Å². The predicted molar refractivity (Wildman–Crippen MR) is 86.8 cm³/mol. The van der Waals surface area contributed by atoms with Crippen LogP contribution in [0.25, 0.3) is 0 Å². The molecule has 2 aromatic rings. The molecule has 4 heteroatoms. The molecule has 1 atom stereocenters. The number of ketones is 1. The number of amides is 1. The van der Waals surface area contributed by atoms with Crippen molar-refractivity contribution >= 4 is 23.1 Å². The van der Waals surface area contributed by atoms with Crippen molar-refractivity contribution in [1.29, 1.82) is 0 Å². The quantitative estimate of drug-likeness (QED) is 0.866. The number of nitrogens with zero attached hydrogens (tertiary/aromatic N) is 1. The van der Waals surface area contributed by atoms with Crippen molar-refractivity contribution in [2.75, 3.05) is 17.7 Å². The van der Waals surface area contributed by atoms with Crippen molar-refractivity contribution in [1.82, 2.24) is 0 Å². The van der Waals surface area contributed by atoms with Gasteiger partial charge in [-0.3, -0.25) is 9.59 Å². The van der Waals surface area contributed by atoms with Crippen LogP contribution in [0.15, 0.2) is 48.5 Å². The summed E-state index contributed by atoms with van der Waals surface area (Å²) in [6.45, 7) is 0. The average molecular weight is 294 g/mol. The second kappa shape index (κ2) is 5.64. The van der Waals surface area contributed by atoms with Crippen molar-refractivity contribution in [3.8, 4) is 0 Å². The molecule has 0 saturated carbocycles. The van der Waals surface area contributed by atoms with Crippen molar-refractivity contribution in [2.45, 2.75) is 12.8 Å². The number of rotatable bonds is 2. The molecule has 2 aromatic carbocycles. The Labute approximate surface area is 129 Å². The second-order valence-corrected chi connectivity index (χ2v) is 5.65. The smallest absolute Gasteiger partial charge is 0.230 e.